The highest BCUT2D eigenvalue weighted by Crippen LogP contribution is 2.28. The van der Waals surface area contributed by atoms with Gasteiger partial charge in [0.05, 0.1) is 42.6 Å². The number of fused-ring (bicyclic) bond motifs is 1. The first kappa shape index (κ1) is 36.3. The van der Waals surface area contributed by atoms with Gasteiger partial charge in [0.1, 0.15) is 17.3 Å². The second-order valence-electron chi connectivity index (χ2n) is 13.4. The molecule has 0 aliphatic carbocycles. The SMILES string of the molecule is CC(C)(C)OC(=O)N(Cc1cc(NC(=O)[C@H](CC(=O)O)[C@H]2OCCN(c3ccc4cccnc4c3)C2=O)ccc1C#N)C(=O)OC(C)(C)C. The molecule has 3 aromatic rings. The lowest BCUT2D eigenvalue weighted by atomic mass is 9.94. The molecule has 4 amide bonds. The van der Waals surface area contributed by atoms with Crippen LogP contribution in [0.5, 0.6) is 0 Å². The van der Waals surface area contributed by atoms with Crippen molar-refractivity contribution in [2.24, 2.45) is 5.92 Å². The van der Waals surface area contributed by atoms with Gasteiger partial charge in [0, 0.05) is 29.5 Å². The molecule has 14 heteroatoms. The Labute approximate surface area is 283 Å². The van der Waals surface area contributed by atoms with Gasteiger partial charge in [-0.15, -0.1) is 0 Å². The average molecular weight is 674 g/mol. The normalized spacial score (nSPS) is 15.6. The van der Waals surface area contributed by atoms with Crippen molar-refractivity contribution in [1.82, 2.24) is 9.88 Å². The van der Waals surface area contributed by atoms with Crippen LogP contribution in [0.4, 0.5) is 21.0 Å². The number of nitrogens with one attached hydrogen (secondary N) is 1. The Bertz CT molecular complexity index is 1780. The molecule has 2 atom stereocenters. The van der Waals surface area contributed by atoms with Gasteiger partial charge in [-0.05, 0) is 83.5 Å². The van der Waals surface area contributed by atoms with Crippen molar-refractivity contribution in [3.8, 4) is 6.07 Å². The molecule has 2 heterocycles. The molecule has 14 nitrogen and oxygen atoms in total. The van der Waals surface area contributed by atoms with Crippen molar-refractivity contribution in [3.63, 3.8) is 0 Å². The summed E-state index contributed by atoms with van der Waals surface area (Å²) in [7, 11) is 0. The minimum absolute atomic E-state index is 0.0479. The van der Waals surface area contributed by atoms with E-state index in [9.17, 15) is 34.3 Å². The number of nitrogens with zero attached hydrogens (tertiary/aromatic N) is 4. The van der Waals surface area contributed by atoms with Crippen LogP contribution in [0.1, 0.15) is 59.1 Å². The number of carbonyl (C=O) groups excluding carboxylic acids is 4. The molecule has 0 saturated carbocycles. The van der Waals surface area contributed by atoms with Gasteiger partial charge in [-0.25, -0.2) is 14.5 Å². The van der Waals surface area contributed by atoms with E-state index in [2.05, 4.69) is 10.3 Å². The van der Waals surface area contributed by atoms with Crippen molar-refractivity contribution in [3.05, 3.63) is 65.9 Å². The lowest BCUT2D eigenvalue weighted by molar-refractivity contribution is -0.149. The fourth-order valence-corrected chi connectivity index (χ4v) is 5.05. The van der Waals surface area contributed by atoms with E-state index in [1.165, 1.54) is 23.1 Å². The molecular formula is C35H39N5O9. The molecule has 0 unspecified atom stereocenters. The summed E-state index contributed by atoms with van der Waals surface area (Å²) in [4.78, 5) is 71.9. The molecule has 2 aromatic carbocycles. The Balaban J connectivity index is 1.60. The predicted molar refractivity (Wildman–Crippen MR) is 177 cm³/mol. The predicted octanol–water partition coefficient (Wildman–Crippen LogP) is 5.24. The largest absolute Gasteiger partial charge is 0.481 e. The zero-order valence-electron chi connectivity index (χ0n) is 28.2. The Morgan fingerprint density at radius 3 is 2.35 bits per heavy atom. The number of aliphatic carboxylic acids is 1. The minimum Gasteiger partial charge on any atom is -0.481 e. The van der Waals surface area contributed by atoms with Crippen LogP contribution in [0.25, 0.3) is 10.9 Å². The van der Waals surface area contributed by atoms with Crippen molar-refractivity contribution < 1.29 is 43.3 Å². The van der Waals surface area contributed by atoms with E-state index in [0.717, 1.165) is 5.39 Å². The molecule has 49 heavy (non-hydrogen) atoms. The number of nitriles is 1. The molecule has 1 aromatic heterocycles. The van der Waals surface area contributed by atoms with E-state index < -0.39 is 66.2 Å². The molecule has 1 fully saturated rings. The van der Waals surface area contributed by atoms with Crippen molar-refractivity contribution in [2.75, 3.05) is 23.4 Å². The van der Waals surface area contributed by atoms with E-state index >= 15 is 0 Å². The van der Waals surface area contributed by atoms with Crippen LogP contribution in [-0.4, -0.2) is 75.4 Å². The molecule has 258 valence electrons. The number of pyridine rings is 1. The molecular weight excluding hydrogens is 634 g/mol. The summed E-state index contributed by atoms with van der Waals surface area (Å²) in [5.74, 6) is -4.18. The number of carbonyl (C=O) groups is 5. The summed E-state index contributed by atoms with van der Waals surface area (Å²) in [5, 5.41) is 23.0. The molecule has 1 aliphatic rings. The standard InChI is InChI=1S/C35H39N5O9/c1-34(2,3)48-32(45)40(33(46)49-35(4,5)6)20-23-16-24(11-9-22(23)19-36)38-30(43)26(18-28(41)42)29-31(44)39(14-15-47-29)25-12-10-21-8-7-13-37-27(21)17-25/h7-13,16-17,26,29H,14-15,18,20H2,1-6H3,(H,38,43)(H,41,42)/t26-,29-/m1/s1. The second kappa shape index (κ2) is 14.7. The van der Waals surface area contributed by atoms with Crippen molar-refractivity contribution >= 4 is 52.2 Å². The summed E-state index contributed by atoms with van der Waals surface area (Å²) in [5.41, 5.74) is -0.368. The lowest BCUT2D eigenvalue weighted by Crippen LogP contribution is -2.53. The number of rotatable bonds is 8. The Kier molecular flexibility index (Phi) is 10.9. The van der Waals surface area contributed by atoms with Gasteiger partial charge < -0.3 is 29.5 Å². The van der Waals surface area contributed by atoms with Crippen LogP contribution in [-0.2, 0) is 35.1 Å². The molecule has 4 rings (SSSR count). The fourth-order valence-electron chi connectivity index (χ4n) is 5.05. The van der Waals surface area contributed by atoms with Crippen LogP contribution in [0, 0.1) is 17.2 Å². The summed E-state index contributed by atoms with van der Waals surface area (Å²) in [6.07, 6.45) is -2.53. The van der Waals surface area contributed by atoms with Gasteiger partial charge >= 0.3 is 18.2 Å². The van der Waals surface area contributed by atoms with Gasteiger partial charge in [-0.2, -0.15) is 5.26 Å². The van der Waals surface area contributed by atoms with Crippen LogP contribution in [0.15, 0.2) is 54.7 Å². The Morgan fingerprint density at radius 1 is 1.06 bits per heavy atom. The number of hydrogen-bond acceptors (Lipinski definition) is 10. The van der Waals surface area contributed by atoms with E-state index in [0.29, 0.717) is 16.1 Å². The first-order valence-corrected chi connectivity index (χ1v) is 15.5. The maximum absolute atomic E-state index is 13.7. The molecule has 2 N–H and O–H groups in total. The summed E-state index contributed by atoms with van der Waals surface area (Å²) >= 11 is 0. The minimum atomic E-state index is -1.44. The third-order valence-corrected chi connectivity index (χ3v) is 7.17. The maximum Gasteiger partial charge on any atom is 0.420 e. The van der Waals surface area contributed by atoms with E-state index in [1.54, 1.807) is 65.9 Å². The first-order chi connectivity index (χ1) is 23.0. The number of aromatic nitrogens is 1. The topological polar surface area (TPSA) is 188 Å². The van der Waals surface area contributed by atoms with Gasteiger partial charge in [0.2, 0.25) is 5.91 Å². The van der Waals surface area contributed by atoms with Crippen molar-refractivity contribution in [1.29, 1.82) is 5.26 Å². The molecule has 1 saturated heterocycles. The number of carboxylic acid groups (broad SMARTS) is 1. The highest BCUT2D eigenvalue weighted by atomic mass is 16.6. The van der Waals surface area contributed by atoms with Gasteiger partial charge in [-0.3, -0.25) is 19.4 Å². The quantitative estimate of drug-likeness (QED) is 0.318. The van der Waals surface area contributed by atoms with Gasteiger partial charge in [-0.1, -0.05) is 12.1 Å². The Morgan fingerprint density at radius 2 is 1.73 bits per heavy atom. The van der Waals surface area contributed by atoms with Gasteiger partial charge in [0.25, 0.3) is 5.91 Å². The summed E-state index contributed by atoms with van der Waals surface area (Å²) in [6.45, 7) is 9.54. The number of imide groups is 1. The highest BCUT2D eigenvalue weighted by Gasteiger charge is 2.41. The Hall–Kier alpha value is -5.55. The van der Waals surface area contributed by atoms with E-state index in [1.807, 2.05) is 18.2 Å². The lowest BCUT2D eigenvalue weighted by Gasteiger charge is -2.35. The molecule has 0 bridgehead atoms. The zero-order valence-corrected chi connectivity index (χ0v) is 28.2. The number of hydrogen-bond donors (Lipinski definition) is 2. The van der Waals surface area contributed by atoms with Crippen LogP contribution in [0.2, 0.25) is 0 Å². The molecule has 0 spiro atoms. The summed E-state index contributed by atoms with van der Waals surface area (Å²) < 4.78 is 16.5. The van der Waals surface area contributed by atoms with Crippen LogP contribution < -0.4 is 10.2 Å². The molecule has 0 radical (unpaired) electrons. The zero-order chi connectivity index (χ0) is 36.1. The number of benzene rings is 2. The van der Waals surface area contributed by atoms with E-state index in [4.69, 9.17) is 14.2 Å². The second-order valence-corrected chi connectivity index (χ2v) is 13.4. The smallest absolute Gasteiger partial charge is 0.420 e. The third-order valence-electron chi connectivity index (χ3n) is 7.17. The first-order valence-electron chi connectivity index (χ1n) is 15.5. The monoisotopic (exact) mass is 673 g/mol. The molecule has 1 aliphatic heterocycles. The average Bonchev–Trinajstić information content (AvgIpc) is 3.00. The third kappa shape index (κ3) is 9.51. The highest BCUT2D eigenvalue weighted by molar-refractivity contribution is 6.04. The summed E-state index contributed by atoms with van der Waals surface area (Å²) in [6, 6.07) is 15.1. The number of ether oxygens (including phenoxy) is 3. The fraction of sp³-hybridized carbons (Fsp3) is 0.400. The number of amides is 4. The number of morpholine rings is 1. The van der Waals surface area contributed by atoms with Crippen LogP contribution in [0.3, 0.4) is 0 Å². The van der Waals surface area contributed by atoms with Crippen LogP contribution >= 0.6 is 0 Å². The number of anilines is 2. The van der Waals surface area contributed by atoms with E-state index in [-0.39, 0.29) is 30.0 Å². The number of carboxylic acids is 1. The van der Waals surface area contributed by atoms with Crippen molar-refractivity contribution in [2.45, 2.75) is 71.8 Å². The van der Waals surface area contributed by atoms with Gasteiger partial charge in [0.15, 0.2) is 0 Å². The maximum atomic E-state index is 13.7.